The highest BCUT2D eigenvalue weighted by molar-refractivity contribution is 9.10. The Bertz CT molecular complexity index is 2730. The summed E-state index contributed by atoms with van der Waals surface area (Å²) in [5.41, 5.74) is 6.58. The number of nitrogens with zero attached hydrogens (tertiary/aromatic N) is 7. The van der Waals surface area contributed by atoms with E-state index >= 15 is 0 Å². The number of sulfonamides is 2. The molecule has 0 bridgehead atoms. The molecule has 0 saturated heterocycles. The molecule has 0 fully saturated rings. The molecular formula is C33H27Br2N9O4S2. The van der Waals surface area contributed by atoms with E-state index in [1.165, 1.54) is 21.2 Å². The minimum Gasteiger partial charge on any atom is -0.306 e. The second kappa shape index (κ2) is 14.2. The van der Waals surface area contributed by atoms with Gasteiger partial charge in [-0.15, -0.1) is 0 Å². The molecule has 4 N–H and O–H groups in total. The van der Waals surface area contributed by atoms with Gasteiger partial charge in [0.05, 0.1) is 18.1 Å². The fourth-order valence-electron chi connectivity index (χ4n) is 5.01. The maximum atomic E-state index is 11.8. The average Bonchev–Trinajstić information content (AvgIpc) is 3.83. The first-order valence-electron chi connectivity index (χ1n) is 14.5. The zero-order valence-electron chi connectivity index (χ0n) is 26.0. The van der Waals surface area contributed by atoms with Gasteiger partial charge in [-0.1, -0.05) is 30.3 Å². The summed E-state index contributed by atoms with van der Waals surface area (Å²) in [6.07, 6.45) is 11.5. The van der Waals surface area contributed by atoms with Gasteiger partial charge in [0, 0.05) is 51.2 Å². The second-order valence-electron chi connectivity index (χ2n) is 10.8. The molecule has 8 rings (SSSR count). The van der Waals surface area contributed by atoms with Gasteiger partial charge in [-0.2, -0.15) is 0 Å². The van der Waals surface area contributed by atoms with Crippen LogP contribution in [0.4, 0.5) is 0 Å². The SMILES string of the molecule is Brc1ccc2nccn2c1.Cc1cccc(-c2ccccc2-c2ccc3ncc(S(N)(=O)=O)n3c2)n1.NS(=O)(=O)c1cnc2ccc(Br)cn12. The Balaban J connectivity index is 0.000000149. The van der Waals surface area contributed by atoms with Crippen molar-refractivity contribution < 1.29 is 16.8 Å². The third kappa shape index (κ3) is 7.83. The third-order valence-corrected chi connectivity index (χ3v) is 9.95. The highest BCUT2D eigenvalue weighted by Crippen LogP contribution is 2.31. The molecule has 0 aliphatic rings. The number of hydrogen-bond donors (Lipinski definition) is 2. The van der Waals surface area contributed by atoms with E-state index in [4.69, 9.17) is 10.3 Å². The molecule has 0 atom stereocenters. The molecular weight excluding hydrogens is 810 g/mol. The lowest BCUT2D eigenvalue weighted by atomic mass is 9.98. The Kier molecular flexibility index (Phi) is 9.97. The molecule has 13 nitrogen and oxygen atoms in total. The van der Waals surface area contributed by atoms with Gasteiger partial charge in [-0.3, -0.25) is 13.8 Å². The average molecular weight is 838 g/mol. The Hall–Kier alpha value is -4.78. The van der Waals surface area contributed by atoms with Crippen molar-refractivity contribution >= 4 is 68.8 Å². The molecule has 0 unspecified atom stereocenters. The van der Waals surface area contributed by atoms with Crippen LogP contribution < -0.4 is 10.3 Å². The van der Waals surface area contributed by atoms with Crippen LogP contribution in [0.15, 0.2) is 141 Å². The summed E-state index contributed by atoms with van der Waals surface area (Å²) in [4.78, 5) is 16.7. The molecule has 0 amide bonds. The smallest absolute Gasteiger partial charge is 0.255 e. The monoisotopic (exact) mass is 835 g/mol. The standard InChI is InChI=1S/C19H16N4O2S.C7H6BrN3O2S.C7H5BrN2/c1-13-5-4-8-17(22-13)16-7-3-2-6-15(16)14-9-10-18-21-11-19(23(18)12-14)26(20,24)25;8-5-1-2-6-10-3-7(11(6)4-5)14(9,12)13;8-6-1-2-7-9-3-4-10(7)5-6/h2-12H,1H3,(H2,20,24,25);1-4H,(H2,9,12,13);1-5H. The van der Waals surface area contributed by atoms with Crippen LogP contribution in [0.25, 0.3) is 39.3 Å². The van der Waals surface area contributed by atoms with Crippen LogP contribution in [-0.4, -0.2) is 50.0 Å². The van der Waals surface area contributed by atoms with E-state index in [-0.39, 0.29) is 10.1 Å². The number of aromatic nitrogens is 7. The maximum Gasteiger partial charge on any atom is 0.255 e. The number of primary sulfonamides is 2. The predicted octanol–water partition coefficient (Wildman–Crippen LogP) is 5.86. The van der Waals surface area contributed by atoms with E-state index in [2.05, 4.69) is 51.8 Å². The Morgan fingerprint density at radius 2 is 1.20 bits per heavy atom. The summed E-state index contributed by atoms with van der Waals surface area (Å²) in [5.74, 6) is 0. The van der Waals surface area contributed by atoms with Crippen molar-refractivity contribution in [2.75, 3.05) is 0 Å². The summed E-state index contributed by atoms with van der Waals surface area (Å²) in [7, 11) is -7.59. The van der Waals surface area contributed by atoms with Crippen molar-refractivity contribution in [3.63, 3.8) is 0 Å². The fourth-order valence-corrected chi connectivity index (χ4v) is 6.94. The van der Waals surface area contributed by atoms with Crippen LogP contribution in [0, 0.1) is 6.92 Å². The largest absolute Gasteiger partial charge is 0.306 e. The van der Waals surface area contributed by atoms with Gasteiger partial charge < -0.3 is 4.40 Å². The number of aryl methyl sites for hydroxylation is 1. The predicted molar refractivity (Wildman–Crippen MR) is 197 cm³/mol. The summed E-state index contributed by atoms with van der Waals surface area (Å²) in [5, 5.41) is 10.2. The molecule has 1 aromatic carbocycles. The lowest BCUT2D eigenvalue weighted by molar-refractivity contribution is 0.591. The van der Waals surface area contributed by atoms with Crippen LogP contribution in [-0.2, 0) is 20.0 Å². The van der Waals surface area contributed by atoms with Crippen LogP contribution in [0.2, 0.25) is 0 Å². The molecule has 254 valence electrons. The zero-order valence-corrected chi connectivity index (χ0v) is 30.8. The highest BCUT2D eigenvalue weighted by atomic mass is 79.9. The van der Waals surface area contributed by atoms with Crippen molar-refractivity contribution in [3.8, 4) is 22.4 Å². The van der Waals surface area contributed by atoms with E-state index in [0.29, 0.717) is 11.3 Å². The van der Waals surface area contributed by atoms with Crippen molar-refractivity contribution in [2.24, 2.45) is 10.3 Å². The molecule has 7 aromatic heterocycles. The molecule has 0 saturated carbocycles. The molecule has 50 heavy (non-hydrogen) atoms. The number of rotatable bonds is 4. The third-order valence-electron chi connectivity index (χ3n) is 7.25. The first-order chi connectivity index (χ1) is 23.8. The molecule has 0 radical (unpaired) electrons. The number of nitrogens with two attached hydrogens (primary N) is 2. The van der Waals surface area contributed by atoms with Gasteiger partial charge >= 0.3 is 0 Å². The van der Waals surface area contributed by atoms with Gasteiger partial charge in [0.15, 0.2) is 10.1 Å². The van der Waals surface area contributed by atoms with E-state index in [1.807, 2.05) is 84.4 Å². The first kappa shape index (κ1) is 35.1. The lowest BCUT2D eigenvalue weighted by Crippen LogP contribution is -2.14. The quantitative estimate of drug-likeness (QED) is 0.221. The molecule has 17 heteroatoms. The number of fused-ring (bicyclic) bond motifs is 3. The zero-order chi connectivity index (χ0) is 35.6. The van der Waals surface area contributed by atoms with Gasteiger partial charge in [-0.25, -0.2) is 42.1 Å². The van der Waals surface area contributed by atoms with Crippen LogP contribution in [0.3, 0.4) is 0 Å². The van der Waals surface area contributed by atoms with Crippen molar-refractivity contribution in [1.82, 2.24) is 33.1 Å². The molecule has 0 aliphatic carbocycles. The summed E-state index contributed by atoms with van der Waals surface area (Å²) in [6, 6.07) is 24.8. The van der Waals surface area contributed by atoms with Crippen molar-refractivity contribution in [1.29, 1.82) is 0 Å². The number of pyridine rings is 4. The molecule has 0 aliphatic heterocycles. The Morgan fingerprint density at radius 3 is 1.84 bits per heavy atom. The second-order valence-corrected chi connectivity index (χ2v) is 15.6. The van der Waals surface area contributed by atoms with E-state index in [1.54, 1.807) is 36.8 Å². The first-order valence-corrected chi connectivity index (χ1v) is 19.2. The number of benzene rings is 1. The van der Waals surface area contributed by atoms with Gasteiger partial charge in [-0.05, 0) is 98.4 Å². The van der Waals surface area contributed by atoms with Gasteiger partial charge in [0.2, 0.25) is 0 Å². The lowest BCUT2D eigenvalue weighted by Gasteiger charge is -2.11. The molecule has 7 heterocycles. The van der Waals surface area contributed by atoms with Gasteiger partial charge in [0.1, 0.15) is 16.9 Å². The number of imidazole rings is 3. The van der Waals surface area contributed by atoms with Crippen LogP contribution in [0.5, 0.6) is 0 Å². The summed E-state index contributed by atoms with van der Waals surface area (Å²) >= 11 is 6.60. The fraction of sp³-hybridized carbons (Fsp3) is 0.0303. The minimum absolute atomic E-state index is 0.0196. The van der Waals surface area contributed by atoms with E-state index in [9.17, 15) is 16.8 Å². The van der Waals surface area contributed by atoms with Crippen LogP contribution in [0.1, 0.15) is 5.69 Å². The number of halogens is 2. The maximum absolute atomic E-state index is 11.8. The van der Waals surface area contributed by atoms with Crippen molar-refractivity contribution in [2.45, 2.75) is 17.0 Å². The van der Waals surface area contributed by atoms with Crippen LogP contribution >= 0.6 is 31.9 Å². The van der Waals surface area contributed by atoms with E-state index < -0.39 is 20.0 Å². The summed E-state index contributed by atoms with van der Waals surface area (Å²) in [6.45, 7) is 1.95. The Morgan fingerprint density at radius 1 is 0.620 bits per heavy atom. The van der Waals surface area contributed by atoms with Crippen molar-refractivity contribution in [3.05, 3.63) is 137 Å². The normalized spacial score (nSPS) is 11.6. The Labute approximate surface area is 303 Å². The molecule has 0 spiro atoms. The topological polar surface area (TPSA) is 185 Å². The summed E-state index contributed by atoms with van der Waals surface area (Å²) < 4.78 is 52.5. The number of hydrogen-bond acceptors (Lipinski definition) is 8. The van der Waals surface area contributed by atoms with E-state index in [0.717, 1.165) is 42.7 Å². The minimum atomic E-state index is -3.86. The highest BCUT2D eigenvalue weighted by Gasteiger charge is 2.16. The van der Waals surface area contributed by atoms with Gasteiger partial charge in [0.25, 0.3) is 20.0 Å². The molecule has 8 aromatic rings.